The smallest absolute Gasteiger partial charge is 0.338 e. The number of ether oxygens (including phenoxy) is 3. The molecule has 0 radical (unpaired) electrons. The van der Waals surface area contributed by atoms with E-state index in [2.05, 4.69) is 6.58 Å². The molecule has 0 aromatic rings. The topological polar surface area (TPSA) is 44.8 Å². The van der Waals surface area contributed by atoms with E-state index in [1.165, 1.54) is 7.11 Å². The van der Waals surface area contributed by atoms with E-state index in [0.717, 1.165) is 0 Å². The van der Waals surface area contributed by atoms with E-state index in [1.54, 1.807) is 19.9 Å². The molecule has 88 valence electrons. The van der Waals surface area contributed by atoms with Crippen molar-refractivity contribution in [1.82, 2.24) is 0 Å². The second-order valence-corrected chi connectivity index (χ2v) is 3.33. The number of hydrogen-bond acceptors (Lipinski definition) is 4. The van der Waals surface area contributed by atoms with Crippen LogP contribution in [0.1, 0.15) is 26.7 Å². The fourth-order valence-electron chi connectivity index (χ4n) is 1.08. The Kier molecular flexibility index (Phi) is 6.99. The molecule has 4 heteroatoms. The van der Waals surface area contributed by atoms with Crippen LogP contribution in [0.3, 0.4) is 0 Å². The molecular formula is C11H20O4. The maximum Gasteiger partial charge on any atom is 0.338 e. The van der Waals surface area contributed by atoms with Crippen molar-refractivity contribution in [3.05, 3.63) is 12.7 Å². The number of carbonyl (C=O) groups excluding carboxylic acids is 1. The van der Waals surface area contributed by atoms with Crippen LogP contribution in [0.15, 0.2) is 12.7 Å². The Morgan fingerprint density at radius 1 is 1.53 bits per heavy atom. The first-order valence-electron chi connectivity index (χ1n) is 5.01. The van der Waals surface area contributed by atoms with Crippen LogP contribution in [-0.2, 0) is 19.0 Å². The SMILES string of the molecule is C=CCCC(C)(OCOC)C(=O)OCC. The Morgan fingerprint density at radius 2 is 2.20 bits per heavy atom. The zero-order valence-corrected chi connectivity index (χ0v) is 9.75. The number of allylic oxidation sites excluding steroid dienone is 1. The Balaban J connectivity index is 4.37. The standard InChI is InChI=1S/C11H20O4/c1-5-7-8-11(3,15-9-13-4)10(12)14-6-2/h5H,1,6-9H2,2-4H3. The van der Waals surface area contributed by atoms with Crippen LogP contribution in [0.25, 0.3) is 0 Å². The highest BCUT2D eigenvalue weighted by Crippen LogP contribution is 2.20. The van der Waals surface area contributed by atoms with Crippen LogP contribution in [0.5, 0.6) is 0 Å². The molecule has 1 atom stereocenters. The van der Waals surface area contributed by atoms with Crippen LogP contribution in [0.4, 0.5) is 0 Å². The van der Waals surface area contributed by atoms with Crippen molar-refractivity contribution in [1.29, 1.82) is 0 Å². The Labute approximate surface area is 91.2 Å². The molecule has 4 nitrogen and oxygen atoms in total. The number of hydrogen-bond donors (Lipinski definition) is 0. The third kappa shape index (κ3) is 4.95. The van der Waals surface area contributed by atoms with Gasteiger partial charge in [-0.1, -0.05) is 6.08 Å². The van der Waals surface area contributed by atoms with Crippen molar-refractivity contribution in [3.63, 3.8) is 0 Å². The zero-order chi connectivity index (χ0) is 11.7. The molecule has 0 aromatic carbocycles. The van der Waals surface area contributed by atoms with Gasteiger partial charge in [-0.05, 0) is 26.7 Å². The van der Waals surface area contributed by atoms with E-state index in [4.69, 9.17) is 14.2 Å². The molecule has 0 fully saturated rings. The van der Waals surface area contributed by atoms with Crippen LogP contribution in [0, 0.1) is 0 Å². The highest BCUT2D eigenvalue weighted by Gasteiger charge is 2.35. The van der Waals surface area contributed by atoms with Gasteiger partial charge in [0.15, 0.2) is 5.60 Å². The van der Waals surface area contributed by atoms with Crippen molar-refractivity contribution < 1.29 is 19.0 Å². The van der Waals surface area contributed by atoms with Gasteiger partial charge in [-0.25, -0.2) is 4.79 Å². The van der Waals surface area contributed by atoms with E-state index in [1.807, 2.05) is 0 Å². The number of carbonyl (C=O) groups is 1. The summed E-state index contributed by atoms with van der Waals surface area (Å²) in [6.07, 6.45) is 2.98. The van der Waals surface area contributed by atoms with Crippen LogP contribution in [0.2, 0.25) is 0 Å². The number of methoxy groups -OCH3 is 1. The van der Waals surface area contributed by atoms with Gasteiger partial charge in [0.25, 0.3) is 0 Å². The molecule has 15 heavy (non-hydrogen) atoms. The summed E-state index contributed by atoms with van der Waals surface area (Å²) in [4.78, 5) is 11.6. The van der Waals surface area contributed by atoms with Gasteiger partial charge in [0, 0.05) is 7.11 Å². The lowest BCUT2D eigenvalue weighted by Gasteiger charge is -2.26. The van der Waals surface area contributed by atoms with Gasteiger partial charge in [-0.2, -0.15) is 0 Å². The maximum atomic E-state index is 11.6. The van der Waals surface area contributed by atoms with Gasteiger partial charge in [0.2, 0.25) is 0 Å². The monoisotopic (exact) mass is 216 g/mol. The summed E-state index contributed by atoms with van der Waals surface area (Å²) < 4.78 is 15.1. The van der Waals surface area contributed by atoms with E-state index >= 15 is 0 Å². The van der Waals surface area contributed by atoms with E-state index in [-0.39, 0.29) is 12.8 Å². The van der Waals surface area contributed by atoms with E-state index in [9.17, 15) is 4.79 Å². The third-order valence-electron chi connectivity index (χ3n) is 2.03. The molecule has 0 bridgehead atoms. The fraction of sp³-hybridized carbons (Fsp3) is 0.727. The largest absolute Gasteiger partial charge is 0.464 e. The van der Waals surface area contributed by atoms with Crippen molar-refractivity contribution in [2.75, 3.05) is 20.5 Å². The summed E-state index contributed by atoms with van der Waals surface area (Å²) in [6, 6.07) is 0. The van der Waals surface area contributed by atoms with Crippen molar-refractivity contribution in [3.8, 4) is 0 Å². The molecule has 0 aliphatic heterocycles. The normalized spacial score (nSPS) is 14.3. The number of rotatable bonds is 8. The quantitative estimate of drug-likeness (QED) is 0.353. The summed E-state index contributed by atoms with van der Waals surface area (Å²) >= 11 is 0. The van der Waals surface area contributed by atoms with E-state index < -0.39 is 5.60 Å². The maximum absolute atomic E-state index is 11.6. The molecule has 0 rings (SSSR count). The second kappa shape index (κ2) is 7.43. The first kappa shape index (κ1) is 14.1. The average molecular weight is 216 g/mol. The van der Waals surface area contributed by atoms with Gasteiger partial charge < -0.3 is 14.2 Å². The van der Waals surface area contributed by atoms with Gasteiger partial charge in [0.1, 0.15) is 6.79 Å². The Bertz CT molecular complexity index is 203. The Morgan fingerprint density at radius 3 is 2.67 bits per heavy atom. The molecule has 0 aromatic heterocycles. The minimum Gasteiger partial charge on any atom is -0.464 e. The van der Waals surface area contributed by atoms with Crippen LogP contribution < -0.4 is 0 Å². The molecule has 0 heterocycles. The Hall–Kier alpha value is -0.870. The zero-order valence-electron chi connectivity index (χ0n) is 9.75. The molecule has 0 amide bonds. The first-order chi connectivity index (χ1) is 7.10. The van der Waals surface area contributed by atoms with Crippen molar-refractivity contribution >= 4 is 5.97 Å². The predicted octanol–water partition coefficient (Wildman–Crippen LogP) is 1.89. The molecule has 0 aliphatic carbocycles. The lowest BCUT2D eigenvalue weighted by molar-refractivity contribution is -0.185. The lowest BCUT2D eigenvalue weighted by Crippen LogP contribution is -2.40. The van der Waals surface area contributed by atoms with E-state index in [0.29, 0.717) is 19.4 Å². The second-order valence-electron chi connectivity index (χ2n) is 3.33. The summed E-state index contributed by atoms with van der Waals surface area (Å²) in [6.45, 7) is 7.50. The summed E-state index contributed by atoms with van der Waals surface area (Å²) in [7, 11) is 1.51. The van der Waals surface area contributed by atoms with Gasteiger partial charge in [0.05, 0.1) is 6.61 Å². The molecular weight excluding hydrogens is 196 g/mol. The van der Waals surface area contributed by atoms with Gasteiger partial charge in [-0.15, -0.1) is 6.58 Å². The minimum atomic E-state index is -0.944. The number of esters is 1. The molecule has 0 aliphatic rings. The van der Waals surface area contributed by atoms with Gasteiger partial charge in [-0.3, -0.25) is 0 Å². The van der Waals surface area contributed by atoms with Gasteiger partial charge >= 0.3 is 5.97 Å². The van der Waals surface area contributed by atoms with Crippen molar-refractivity contribution in [2.24, 2.45) is 0 Å². The lowest BCUT2D eigenvalue weighted by atomic mass is 10.0. The molecule has 0 spiro atoms. The first-order valence-corrected chi connectivity index (χ1v) is 5.01. The minimum absolute atomic E-state index is 0.0759. The third-order valence-corrected chi connectivity index (χ3v) is 2.03. The van der Waals surface area contributed by atoms with Crippen molar-refractivity contribution in [2.45, 2.75) is 32.3 Å². The fourth-order valence-corrected chi connectivity index (χ4v) is 1.08. The summed E-state index contributed by atoms with van der Waals surface area (Å²) in [5, 5.41) is 0. The highest BCUT2D eigenvalue weighted by atomic mass is 16.7. The highest BCUT2D eigenvalue weighted by molar-refractivity contribution is 5.79. The van der Waals surface area contributed by atoms with Crippen LogP contribution >= 0.6 is 0 Å². The molecule has 0 saturated carbocycles. The van der Waals surface area contributed by atoms with Crippen LogP contribution in [-0.4, -0.2) is 32.1 Å². The average Bonchev–Trinajstić information content (AvgIpc) is 2.24. The summed E-state index contributed by atoms with van der Waals surface area (Å²) in [5.74, 6) is -0.357. The molecule has 0 N–H and O–H groups in total. The summed E-state index contributed by atoms with van der Waals surface area (Å²) in [5.41, 5.74) is -0.944. The molecule has 1 unspecified atom stereocenters. The molecule has 0 saturated heterocycles. The predicted molar refractivity (Wildman–Crippen MR) is 57.4 cm³/mol.